The van der Waals surface area contributed by atoms with Crippen LogP contribution in [0.1, 0.15) is 15.9 Å². The summed E-state index contributed by atoms with van der Waals surface area (Å²) >= 11 is 0. The molecule has 0 bridgehead atoms. The van der Waals surface area contributed by atoms with Gasteiger partial charge in [-0.2, -0.15) is 0 Å². The van der Waals surface area contributed by atoms with Crippen LogP contribution in [0.2, 0.25) is 0 Å². The first kappa shape index (κ1) is 17.9. The van der Waals surface area contributed by atoms with E-state index >= 15 is 0 Å². The van der Waals surface area contributed by atoms with Crippen molar-refractivity contribution in [3.8, 4) is 17.2 Å². The molecule has 0 aliphatic rings. The molecule has 2 amide bonds. The number of amides is 2. The van der Waals surface area contributed by atoms with Crippen molar-refractivity contribution in [2.24, 2.45) is 0 Å². The van der Waals surface area contributed by atoms with Crippen molar-refractivity contribution in [1.82, 2.24) is 10.6 Å². The molecule has 2 aromatic rings. The average Bonchev–Trinajstić information content (AvgIpc) is 2.61. The van der Waals surface area contributed by atoms with E-state index in [1.807, 2.05) is 30.3 Å². The third-order valence-electron chi connectivity index (χ3n) is 3.27. The first-order valence-corrected chi connectivity index (χ1v) is 7.51. The largest absolute Gasteiger partial charge is 0.504 e. The lowest BCUT2D eigenvalue weighted by Gasteiger charge is -2.08. The van der Waals surface area contributed by atoms with Crippen LogP contribution in [0.25, 0.3) is 6.08 Å². The summed E-state index contributed by atoms with van der Waals surface area (Å²) in [5.74, 6) is -2.72. The van der Waals surface area contributed by atoms with E-state index in [9.17, 15) is 24.9 Å². The van der Waals surface area contributed by atoms with Crippen LogP contribution in [-0.2, 0) is 4.79 Å². The second-order valence-electron chi connectivity index (χ2n) is 5.15. The number of phenols is 3. The van der Waals surface area contributed by atoms with Crippen LogP contribution in [0.3, 0.4) is 0 Å². The maximum Gasteiger partial charge on any atom is 0.251 e. The van der Waals surface area contributed by atoms with Gasteiger partial charge in [-0.05, 0) is 23.8 Å². The van der Waals surface area contributed by atoms with Crippen molar-refractivity contribution in [2.75, 3.05) is 13.1 Å². The first-order chi connectivity index (χ1) is 12.0. The normalized spacial score (nSPS) is 10.6. The van der Waals surface area contributed by atoms with Crippen molar-refractivity contribution in [3.63, 3.8) is 0 Å². The molecule has 130 valence electrons. The van der Waals surface area contributed by atoms with E-state index in [1.165, 1.54) is 6.08 Å². The quantitative estimate of drug-likeness (QED) is 0.309. The van der Waals surface area contributed by atoms with Crippen LogP contribution in [0, 0.1) is 0 Å². The van der Waals surface area contributed by atoms with Gasteiger partial charge in [-0.3, -0.25) is 9.59 Å². The Morgan fingerprint density at radius 1 is 0.920 bits per heavy atom. The van der Waals surface area contributed by atoms with E-state index in [4.69, 9.17) is 0 Å². The van der Waals surface area contributed by atoms with E-state index < -0.39 is 23.2 Å². The Kier molecular flexibility index (Phi) is 6.00. The minimum atomic E-state index is -0.686. The van der Waals surface area contributed by atoms with Gasteiger partial charge in [-0.1, -0.05) is 30.3 Å². The van der Waals surface area contributed by atoms with E-state index in [-0.39, 0.29) is 24.6 Å². The smallest absolute Gasteiger partial charge is 0.251 e. The van der Waals surface area contributed by atoms with Crippen LogP contribution in [-0.4, -0.2) is 40.2 Å². The summed E-state index contributed by atoms with van der Waals surface area (Å²) in [5, 5.41) is 33.1. The molecule has 0 radical (unpaired) electrons. The van der Waals surface area contributed by atoms with Crippen LogP contribution in [0.5, 0.6) is 17.2 Å². The predicted molar refractivity (Wildman–Crippen MR) is 92.3 cm³/mol. The average molecular weight is 342 g/mol. The van der Waals surface area contributed by atoms with E-state index in [0.717, 1.165) is 17.7 Å². The third-order valence-corrected chi connectivity index (χ3v) is 3.27. The molecule has 5 N–H and O–H groups in total. The number of rotatable bonds is 6. The highest BCUT2D eigenvalue weighted by Gasteiger charge is 2.13. The number of nitrogens with one attached hydrogen (secondary N) is 2. The van der Waals surface area contributed by atoms with Gasteiger partial charge in [-0.15, -0.1) is 0 Å². The molecular formula is C18H18N2O5. The lowest BCUT2D eigenvalue weighted by molar-refractivity contribution is -0.116. The van der Waals surface area contributed by atoms with Crippen LogP contribution < -0.4 is 10.6 Å². The Labute approximate surface area is 144 Å². The van der Waals surface area contributed by atoms with Crippen molar-refractivity contribution >= 4 is 17.9 Å². The monoisotopic (exact) mass is 342 g/mol. The second kappa shape index (κ2) is 8.39. The van der Waals surface area contributed by atoms with Gasteiger partial charge in [0.05, 0.1) is 0 Å². The lowest BCUT2D eigenvalue weighted by atomic mass is 10.1. The maximum atomic E-state index is 11.9. The molecular weight excluding hydrogens is 324 g/mol. The molecule has 25 heavy (non-hydrogen) atoms. The molecule has 0 spiro atoms. The Morgan fingerprint density at radius 3 is 2.16 bits per heavy atom. The minimum absolute atomic E-state index is 0.0110. The molecule has 0 aliphatic carbocycles. The fraction of sp³-hybridized carbons (Fsp3) is 0.111. The molecule has 0 aliphatic heterocycles. The molecule has 2 aromatic carbocycles. The Morgan fingerprint density at radius 2 is 1.52 bits per heavy atom. The van der Waals surface area contributed by atoms with Crippen molar-refractivity contribution in [1.29, 1.82) is 0 Å². The van der Waals surface area contributed by atoms with Crippen LogP contribution in [0.15, 0.2) is 48.5 Å². The zero-order chi connectivity index (χ0) is 18.2. The van der Waals surface area contributed by atoms with Gasteiger partial charge in [0, 0.05) is 24.7 Å². The second-order valence-corrected chi connectivity index (χ2v) is 5.15. The van der Waals surface area contributed by atoms with E-state index in [1.54, 1.807) is 6.08 Å². The predicted octanol–water partition coefficient (Wildman–Crippen LogP) is 1.36. The van der Waals surface area contributed by atoms with Crippen LogP contribution in [0.4, 0.5) is 0 Å². The summed E-state index contributed by atoms with van der Waals surface area (Å²) in [4.78, 5) is 23.5. The molecule has 0 saturated carbocycles. The van der Waals surface area contributed by atoms with E-state index in [2.05, 4.69) is 10.6 Å². The Bertz CT molecular complexity index is 764. The molecule has 0 unspecified atom stereocenters. The number of carbonyl (C=O) groups is 2. The van der Waals surface area contributed by atoms with Crippen LogP contribution >= 0.6 is 0 Å². The number of phenolic OH excluding ortho intramolecular Hbond substituents is 3. The zero-order valence-electron chi connectivity index (χ0n) is 13.3. The summed E-state index contributed by atoms with van der Waals surface area (Å²) in [5.41, 5.74) is 0.890. The lowest BCUT2D eigenvalue weighted by Crippen LogP contribution is -2.33. The number of aromatic hydroxyl groups is 3. The van der Waals surface area contributed by atoms with Gasteiger partial charge in [-0.25, -0.2) is 0 Å². The molecule has 7 nitrogen and oxygen atoms in total. The highest BCUT2D eigenvalue weighted by molar-refractivity contribution is 5.95. The number of carbonyl (C=O) groups excluding carboxylic acids is 2. The molecule has 0 atom stereocenters. The van der Waals surface area contributed by atoms with Gasteiger partial charge < -0.3 is 26.0 Å². The first-order valence-electron chi connectivity index (χ1n) is 7.51. The summed E-state index contributed by atoms with van der Waals surface area (Å²) in [6.45, 7) is 0.367. The summed E-state index contributed by atoms with van der Waals surface area (Å²) in [6, 6.07) is 11.4. The zero-order valence-corrected chi connectivity index (χ0v) is 13.3. The highest BCUT2D eigenvalue weighted by atomic mass is 16.3. The fourth-order valence-electron chi connectivity index (χ4n) is 1.99. The van der Waals surface area contributed by atoms with E-state index in [0.29, 0.717) is 0 Å². The topological polar surface area (TPSA) is 119 Å². The Balaban J connectivity index is 1.76. The number of benzene rings is 2. The minimum Gasteiger partial charge on any atom is -0.504 e. The third kappa shape index (κ3) is 5.28. The van der Waals surface area contributed by atoms with Gasteiger partial charge in [0.15, 0.2) is 17.2 Å². The fourth-order valence-corrected chi connectivity index (χ4v) is 1.99. The van der Waals surface area contributed by atoms with Gasteiger partial charge >= 0.3 is 0 Å². The summed E-state index contributed by atoms with van der Waals surface area (Å²) in [6.07, 6.45) is 3.07. The molecule has 0 heterocycles. The molecule has 0 fully saturated rings. The standard InChI is InChI=1S/C18H18N2O5/c21-14-10-13(11-15(22)17(14)24)18(25)20-9-8-19-16(23)7-6-12-4-2-1-3-5-12/h1-7,10-11,21-22,24H,8-9H2,(H,19,23)(H,20,25)/b7-6+. The Hall–Kier alpha value is -3.48. The maximum absolute atomic E-state index is 11.9. The van der Waals surface area contributed by atoms with Crippen molar-refractivity contribution < 1.29 is 24.9 Å². The molecule has 2 rings (SSSR count). The van der Waals surface area contributed by atoms with Crippen molar-refractivity contribution in [2.45, 2.75) is 0 Å². The highest BCUT2D eigenvalue weighted by Crippen LogP contribution is 2.35. The summed E-state index contributed by atoms with van der Waals surface area (Å²) < 4.78 is 0. The van der Waals surface area contributed by atoms with Gasteiger partial charge in [0.25, 0.3) is 5.91 Å². The molecule has 7 heteroatoms. The number of hydrogen-bond donors (Lipinski definition) is 5. The molecule has 0 saturated heterocycles. The van der Waals surface area contributed by atoms with Crippen molar-refractivity contribution in [3.05, 3.63) is 59.7 Å². The SMILES string of the molecule is O=C(/C=C/c1ccccc1)NCCNC(=O)c1cc(O)c(O)c(O)c1. The van der Waals surface area contributed by atoms with Gasteiger partial charge in [0.2, 0.25) is 5.91 Å². The molecule has 0 aromatic heterocycles. The summed E-state index contributed by atoms with van der Waals surface area (Å²) in [7, 11) is 0. The number of hydrogen-bond acceptors (Lipinski definition) is 5. The van der Waals surface area contributed by atoms with Gasteiger partial charge in [0.1, 0.15) is 0 Å².